The first-order valence-electron chi connectivity index (χ1n) is 3.71. The molecule has 0 spiro atoms. The van der Waals surface area contributed by atoms with Crippen LogP contribution in [-0.2, 0) is 16.1 Å². The molecule has 0 saturated carbocycles. The van der Waals surface area contributed by atoms with Crippen LogP contribution in [0.2, 0.25) is 0 Å². The van der Waals surface area contributed by atoms with Crippen molar-refractivity contribution in [1.82, 2.24) is 4.57 Å². The van der Waals surface area contributed by atoms with E-state index in [0.29, 0.717) is 6.61 Å². The maximum atomic E-state index is 5.17. The third-order valence-electron chi connectivity index (χ3n) is 1.63. The van der Waals surface area contributed by atoms with Crippen LogP contribution in [0.25, 0.3) is 6.20 Å². The Morgan fingerprint density at radius 2 is 2.25 bits per heavy atom. The minimum atomic E-state index is 0.567. The molecule has 1 aromatic rings. The van der Waals surface area contributed by atoms with Crippen molar-refractivity contribution in [2.24, 2.45) is 0 Å². The Hall–Kier alpha value is -1.64. The second kappa shape index (κ2) is 3.17. The highest BCUT2D eigenvalue weighted by Gasteiger charge is 1.97. The van der Waals surface area contributed by atoms with Crippen molar-refractivity contribution < 1.29 is 9.47 Å². The smallest absolute Gasteiger partial charge is 0.128 e. The Morgan fingerprint density at radius 1 is 1.25 bits per heavy atom. The first kappa shape index (κ1) is 7.03. The van der Waals surface area contributed by atoms with E-state index in [4.69, 9.17) is 9.47 Å². The lowest BCUT2D eigenvalue weighted by molar-refractivity contribution is 0.220. The van der Waals surface area contributed by atoms with Crippen LogP contribution in [0.15, 0.2) is 37.1 Å². The summed E-state index contributed by atoms with van der Waals surface area (Å²) in [6.45, 7) is 0.567. The maximum Gasteiger partial charge on any atom is 0.128 e. The molecule has 0 amide bonds. The van der Waals surface area contributed by atoms with E-state index in [1.54, 1.807) is 6.26 Å². The van der Waals surface area contributed by atoms with E-state index >= 15 is 0 Å². The van der Waals surface area contributed by atoms with Crippen molar-refractivity contribution in [2.45, 2.75) is 6.61 Å². The van der Waals surface area contributed by atoms with Gasteiger partial charge in [0.25, 0.3) is 0 Å². The van der Waals surface area contributed by atoms with Gasteiger partial charge in [0.15, 0.2) is 0 Å². The number of hydrogen-bond acceptors (Lipinski definition) is 2. The molecule has 3 heteroatoms. The van der Waals surface area contributed by atoms with E-state index < -0.39 is 0 Å². The Labute approximate surface area is 70.5 Å². The van der Waals surface area contributed by atoms with E-state index in [-0.39, 0.29) is 0 Å². The number of ether oxygens (including phenoxy) is 2. The molecule has 0 bridgehead atoms. The molecule has 2 rings (SSSR count). The van der Waals surface area contributed by atoms with Gasteiger partial charge in [-0.2, -0.15) is 0 Å². The van der Waals surface area contributed by atoms with Gasteiger partial charge in [-0.15, -0.1) is 0 Å². The van der Waals surface area contributed by atoms with Gasteiger partial charge in [-0.1, -0.05) is 0 Å². The van der Waals surface area contributed by atoms with Gasteiger partial charge in [0, 0.05) is 12.4 Å². The van der Waals surface area contributed by atoms with E-state index in [0.717, 1.165) is 5.69 Å². The SMILES string of the molecule is C1=C\n2cccc2CO/C=C/O/1. The van der Waals surface area contributed by atoms with Crippen LogP contribution in [0.5, 0.6) is 0 Å². The fourth-order valence-corrected chi connectivity index (χ4v) is 1.05. The van der Waals surface area contributed by atoms with Crippen LogP contribution in [0.4, 0.5) is 0 Å². The molecule has 0 saturated heterocycles. The molecular weight excluding hydrogens is 154 g/mol. The molecule has 62 valence electrons. The highest BCUT2D eigenvalue weighted by atomic mass is 16.5. The van der Waals surface area contributed by atoms with Crippen molar-refractivity contribution in [1.29, 1.82) is 0 Å². The zero-order valence-corrected chi connectivity index (χ0v) is 6.51. The van der Waals surface area contributed by atoms with Gasteiger partial charge in [-0.3, -0.25) is 0 Å². The highest BCUT2D eigenvalue weighted by molar-refractivity contribution is 5.26. The number of hydrogen-bond donors (Lipinski definition) is 0. The van der Waals surface area contributed by atoms with Crippen LogP contribution in [0.3, 0.4) is 0 Å². The van der Waals surface area contributed by atoms with Gasteiger partial charge in [0.2, 0.25) is 0 Å². The van der Waals surface area contributed by atoms with Crippen LogP contribution < -0.4 is 0 Å². The number of aromatic nitrogens is 1. The van der Waals surface area contributed by atoms with Crippen molar-refractivity contribution in [3.63, 3.8) is 0 Å². The fourth-order valence-electron chi connectivity index (χ4n) is 1.05. The lowest BCUT2D eigenvalue weighted by Gasteiger charge is -2.00. The average molecular weight is 163 g/mol. The molecule has 3 nitrogen and oxygen atoms in total. The average Bonchev–Trinajstić information content (AvgIpc) is 2.50. The van der Waals surface area contributed by atoms with Gasteiger partial charge in [-0.05, 0) is 12.1 Å². The van der Waals surface area contributed by atoms with Gasteiger partial charge < -0.3 is 14.0 Å². The topological polar surface area (TPSA) is 23.4 Å². The molecular formula is C9H9NO2. The number of rotatable bonds is 0. The van der Waals surface area contributed by atoms with E-state index in [1.807, 2.05) is 29.1 Å². The molecule has 0 radical (unpaired) electrons. The normalized spacial score (nSPS) is 20.3. The molecule has 0 atom stereocenters. The molecule has 0 aromatic carbocycles. The van der Waals surface area contributed by atoms with Gasteiger partial charge in [0.05, 0.1) is 5.69 Å². The highest BCUT2D eigenvalue weighted by Crippen LogP contribution is 2.06. The minimum absolute atomic E-state index is 0.567. The lowest BCUT2D eigenvalue weighted by Crippen LogP contribution is -1.93. The second-order valence-corrected chi connectivity index (χ2v) is 2.41. The Kier molecular flexibility index (Phi) is 1.86. The Bertz CT molecular complexity index is 312. The molecule has 1 aliphatic rings. The number of fused-ring (bicyclic) bond motifs is 1. The predicted octanol–water partition coefficient (Wildman–Crippen LogP) is 1.93. The van der Waals surface area contributed by atoms with Gasteiger partial charge >= 0.3 is 0 Å². The van der Waals surface area contributed by atoms with Crippen LogP contribution in [0, 0.1) is 0 Å². The van der Waals surface area contributed by atoms with Crippen molar-refractivity contribution >= 4 is 6.20 Å². The van der Waals surface area contributed by atoms with E-state index in [9.17, 15) is 0 Å². The molecule has 0 fully saturated rings. The maximum absolute atomic E-state index is 5.17. The minimum Gasteiger partial charge on any atom is -0.492 e. The third kappa shape index (κ3) is 1.34. The molecule has 0 aliphatic carbocycles. The summed E-state index contributed by atoms with van der Waals surface area (Å²) in [5.74, 6) is 0. The summed E-state index contributed by atoms with van der Waals surface area (Å²) in [6.07, 6.45) is 8.43. The van der Waals surface area contributed by atoms with E-state index in [2.05, 4.69) is 0 Å². The van der Waals surface area contributed by atoms with E-state index in [1.165, 1.54) is 12.5 Å². The molecule has 2 heterocycles. The van der Waals surface area contributed by atoms with Crippen molar-refractivity contribution in [3.8, 4) is 0 Å². The molecule has 0 N–H and O–H groups in total. The summed E-state index contributed by atoms with van der Waals surface area (Å²) in [6, 6.07) is 3.97. The molecule has 12 heavy (non-hydrogen) atoms. The molecule has 1 aromatic heterocycles. The zero-order chi connectivity index (χ0) is 8.23. The van der Waals surface area contributed by atoms with Gasteiger partial charge in [-0.25, -0.2) is 0 Å². The first-order chi connectivity index (χ1) is 5.97. The Balaban J connectivity index is 2.29. The largest absolute Gasteiger partial charge is 0.492 e. The number of nitrogens with zero attached hydrogens (tertiary/aromatic N) is 1. The van der Waals surface area contributed by atoms with Crippen molar-refractivity contribution in [2.75, 3.05) is 0 Å². The predicted molar refractivity (Wildman–Crippen MR) is 44.8 cm³/mol. The first-order valence-corrected chi connectivity index (χ1v) is 3.71. The fraction of sp³-hybridized carbons (Fsp3) is 0.111. The van der Waals surface area contributed by atoms with Crippen LogP contribution in [-0.4, -0.2) is 4.57 Å². The zero-order valence-electron chi connectivity index (χ0n) is 6.51. The van der Waals surface area contributed by atoms with Crippen LogP contribution in [0.1, 0.15) is 5.69 Å². The summed E-state index contributed by atoms with van der Waals surface area (Å²) in [5.41, 5.74) is 1.10. The second-order valence-electron chi connectivity index (χ2n) is 2.41. The molecule has 0 unspecified atom stereocenters. The third-order valence-corrected chi connectivity index (χ3v) is 1.63. The van der Waals surface area contributed by atoms with Crippen molar-refractivity contribution in [3.05, 3.63) is 42.8 Å². The summed E-state index contributed by atoms with van der Waals surface area (Å²) >= 11 is 0. The summed E-state index contributed by atoms with van der Waals surface area (Å²) < 4.78 is 12.1. The quantitative estimate of drug-likeness (QED) is 0.583. The van der Waals surface area contributed by atoms with Gasteiger partial charge in [0.1, 0.15) is 25.4 Å². The monoisotopic (exact) mass is 163 g/mol. The lowest BCUT2D eigenvalue weighted by atomic mass is 10.4. The molecule has 1 aliphatic heterocycles. The summed E-state index contributed by atoms with van der Waals surface area (Å²) in [5, 5.41) is 0. The standard InChI is InChI=1S/C9H9NO2/c1-2-9-8-12-7-6-11-5-4-10(9)3-1/h1-7H,8H2/b5-4-,7-6+. The summed E-state index contributed by atoms with van der Waals surface area (Å²) in [4.78, 5) is 0. The summed E-state index contributed by atoms with van der Waals surface area (Å²) in [7, 11) is 0. The van der Waals surface area contributed by atoms with Crippen LogP contribution >= 0.6 is 0 Å². The Morgan fingerprint density at radius 3 is 3.25 bits per heavy atom.